The van der Waals surface area contributed by atoms with E-state index in [9.17, 15) is 61.0 Å². The fourth-order valence-electron chi connectivity index (χ4n) is 5.87. The van der Waals surface area contributed by atoms with Gasteiger partial charge in [0.15, 0.2) is 48.0 Å². The predicted octanol–water partition coefficient (Wildman–Crippen LogP) is -2.55. The largest absolute Gasteiger partial charge is 0.504 e. The maximum absolute atomic E-state index is 13.2. The number of aliphatic hydroxyl groups excluding tert-OH is 6. The summed E-state index contributed by atoms with van der Waals surface area (Å²) in [6.45, 7) is -0.718. The van der Waals surface area contributed by atoms with Crippen molar-refractivity contribution >= 4 is 12.0 Å². The zero-order valence-corrected chi connectivity index (χ0v) is 28.3. The summed E-state index contributed by atoms with van der Waals surface area (Å²) >= 11 is 0. The van der Waals surface area contributed by atoms with Crippen LogP contribution in [0.2, 0.25) is 0 Å². The van der Waals surface area contributed by atoms with E-state index in [1.165, 1.54) is 49.4 Å². The second kappa shape index (κ2) is 17.2. The smallest absolute Gasteiger partial charge is 0.331 e. The van der Waals surface area contributed by atoms with Crippen LogP contribution < -0.4 is 0 Å². The summed E-state index contributed by atoms with van der Waals surface area (Å²) in [5.41, 5.74) is -1.24. The van der Waals surface area contributed by atoms with Gasteiger partial charge in [-0.1, -0.05) is 12.1 Å². The normalized spacial score (nSPS) is 36.2. The highest BCUT2D eigenvalue weighted by Gasteiger charge is 2.54. The molecule has 0 spiro atoms. The average molecular weight is 757 g/mol. The molecule has 5 rings (SSSR count). The number of esters is 1. The van der Waals surface area contributed by atoms with E-state index < -0.39 is 117 Å². The van der Waals surface area contributed by atoms with Crippen molar-refractivity contribution in [1.82, 2.24) is 0 Å². The third-order valence-corrected chi connectivity index (χ3v) is 9.09. The van der Waals surface area contributed by atoms with E-state index in [0.29, 0.717) is 5.56 Å². The predicted molar refractivity (Wildman–Crippen MR) is 174 cm³/mol. The standard InChI is InChI=1S/C34H44O19/c1-15-24(41)25(42)26(43)32(50-15)53-29-27(44)31(47-9-8-17-3-6-19(37)21(39)11-17)51-22(12-48-33-30(45)34(46,13-35)14-49-33)28(29)52-23(40)7-4-16-2-5-18(36)20(38)10-16/h2-7,10-11,15,22,24-33,35-39,41-46H,8-9,12-14H2,1H3/b7-4+/t15-,22-,24-,25+,26+,27-,28-,29-,30+,31-,32-,33-,34-/m1/s1. The van der Waals surface area contributed by atoms with Crippen LogP contribution in [0.5, 0.6) is 23.0 Å². The molecule has 0 bridgehead atoms. The number of aliphatic hydroxyl groups is 7. The molecule has 0 aromatic heterocycles. The molecule has 2 aromatic carbocycles. The number of carbonyl (C=O) groups excluding carboxylic acids is 1. The van der Waals surface area contributed by atoms with Crippen molar-refractivity contribution < 1.29 is 94.1 Å². The van der Waals surface area contributed by atoms with Gasteiger partial charge in [-0.2, -0.15) is 0 Å². The van der Waals surface area contributed by atoms with Crippen LogP contribution in [0.3, 0.4) is 0 Å². The molecule has 294 valence electrons. The second-order valence-electron chi connectivity index (χ2n) is 13.0. The van der Waals surface area contributed by atoms with E-state index in [1.807, 2.05) is 0 Å². The molecular weight excluding hydrogens is 712 g/mol. The Hall–Kier alpha value is -3.67. The van der Waals surface area contributed by atoms with Crippen LogP contribution in [0.15, 0.2) is 42.5 Å². The van der Waals surface area contributed by atoms with E-state index in [0.717, 1.165) is 6.08 Å². The number of hydrogen-bond donors (Lipinski definition) is 11. The van der Waals surface area contributed by atoms with Crippen molar-refractivity contribution in [3.05, 3.63) is 53.6 Å². The molecule has 3 fully saturated rings. The molecule has 2 aromatic rings. The Morgan fingerprint density at radius 3 is 2.19 bits per heavy atom. The van der Waals surface area contributed by atoms with Gasteiger partial charge in [0, 0.05) is 6.08 Å². The number of hydrogen-bond acceptors (Lipinski definition) is 19. The first-order valence-corrected chi connectivity index (χ1v) is 16.6. The monoisotopic (exact) mass is 756 g/mol. The van der Waals surface area contributed by atoms with Crippen molar-refractivity contribution in [3.63, 3.8) is 0 Å². The average Bonchev–Trinajstić information content (AvgIpc) is 3.42. The maximum atomic E-state index is 13.2. The minimum Gasteiger partial charge on any atom is -0.504 e. The lowest BCUT2D eigenvalue weighted by molar-refractivity contribution is -0.360. The number of ether oxygens (including phenoxy) is 7. The molecule has 0 amide bonds. The van der Waals surface area contributed by atoms with Gasteiger partial charge in [-0.3, -0.25) is 0 Å². The Morgan fingerprint density at radius 2 is 1.53 bits per heavy atom. The number of phenols is 4. The van der Waals surface area contributed by atoms with Crippen molar-refractivity contribution in [1.29, 1.82) is 0 Å². The zero-order chi connectivity index (χ0) is 38.6. The molecule has 3 aliphatic rings. The second-order valence-corrected chi connectivity index (χ2v) is 13.0. The Balaban J connectivity index is 1.42. The fourth-order valence-corrected chi connectivity index (χ4v) is 5.87. The van der Waals surface area contributed by atoms with Crippen LogP contribution in [-0.2, 0) is 44.4 Å². The summed E-state index contributed by atoms with van der Waals surface area (Å²) in [4.78, 5) is 13.2. The first-order valence-electron chi connectivity index (χ1n) is 16.6. The number of carbonyl (C=O) groups is 1. The number of benzene rings is 2. The molecule has 0 radical (unpaired) electrons. The van der Waals surface area contributed by atoms with Gasteiger partial charge in [0.25, 0.3) is 0 Å². The van der Waals surface area contributed by atoms with Gasteiger partial charge in [0.05, 0.1) is 32.5 Å². The lowest BCUT2D eigenvalue weighted by atomic mass is 9.96. The third kappa shape index (κ3) is 9.35. The molecule has 19 nitrogen and oxygen atoms in total. The van der Waals surface area contributed by atoms with Crippen LogP contribution in [0.1, 0.15) is 18.1 Å². The van der Waals surface area contributed by atoms with Gasteiger partial charge in [0.1, 0.15) is 48.3 Å². The van der Waals surface area contributed by atoms with E-state index >= 15 is 0 Å². The highest BCUT2D eigenvalue weighted by atomic mass is 16.8. The summed E-state index contributed by atoms with van der Waals surface area (Å²) in [5.74, 6) is -2.62. The Kier molecular flexibility index (Phi) is 13.2. The summed E-state index contributed by atoms with van der Waals surface area (Å²) < 4.78 is 40.0. The van der Waals surface area contributed by atoms with E-state index in [4.69, 9.17) is 33.2 Å². The summed E-state index contributed by atoms with van der Waals surface area (Å²) in [7, 11) is 0. The molecule has 0 saturated carbocycles. The molecular formula is C34H44O19. The minimum absolute atomic E-state index is 0.136. The highest BCUT2D eigenvalue weighted by molar-refractivity contribution is 5.87. The third-order valence-electron chi connectivity index (χ3n) is 9.09. The van der Waals surface area contributed by atoms with Gasteiger partial charge in [-0.15, -0.1) is 0 Å². The molecule has 53 heavy (non-hydrogen) atoms. The van der Waals surface area contributed by atoms with E-state index in [1.54, 1.807) is 0 Å². The molecule has 19 heteroatoms. The van der Waals surface area contributed by atoms with Gasteiger partial charge < -0.3 is 89.3 Å². The van der Waals surface area contributed by atoms with Crippen molar-refractivity contribution in [2.45, 2.75) is 92.8 Å². The van der Waals surface area contributed by atoms with Crippen LogP contribution in [0, 0.1) is 0 Å². The molecule has 3 heterocycles. The van der Waals surface area contributed by atoms with Gasteiger partial charge >= 0.3 is 5.97 Å². The topological polar surface area (TPSA) is 304 Å². The lowest BCUT2D eigenvalue weighted by Crippen LogP contribution is -2.65. The Bertz CT molecular complexity index is 1570. The first-order chi connectivity index (χ1) is 25.1. The summed E-state index contributed by atoms with van der Waals surface area (Å²) in [5, 5.41) is 112. The Labute approximate surface area is 302 Å². The number of rotatable bonds is 13. The lowest BCUT2D eigenvalue weighted by Gasteiger charge is -2.46. The molecule has 3 aliphatic heterocycles. The molecule has 0 unspecified atom stereocenters. The van der Waals surface area contributed by atoms with Crippen molar-refractivity contribution in [3.8, 4) is 23.0 Å². The van der Waals surface area contributed by atoms with Crippen LogP contribution in [0.4, 0.5) is 0 Å². The number of aromatic hydroxyl groups is 4. The summed E-state index contributed by atoms with van der Waals surface area (Å²) in [6, 6.07) is 7.83. The molecule has 3 saturated heterocycles. The van der Waals surface area contributed by atoms with Crippen LogP contribution in [-0.4, -0.2) is 168 Å². The molecule has 13 atom stereocenters. The number of phenolic OH excluding ortho intramolecular Hbond substituents is 4. The van der Waals surface area contributed by atoms with Crippen molar-refractivity contribution in [2.24, 2.45) is 0 Å². The SMILES string of the molecule is C[C@H]1O[C@H](O[C@@H]2[C@@H](O)[C@H](OCCc3ccc(O)c(O)c3)O[C@H](CO[C@@H]3OC[C@](O)(CO)[C@H]3O)[C@H]2OC(=O)/C=C/c2ccc(O)c(O)c2)[C@@H](O)[C@@H](O)[C@@H]1O. The highest BCUT2D eigenvalue weighted by Crippen LogP contribution is 2.34. The minimum atomic E-state index is -2.05. The van der Waals surface area contributed by atoms with E-state index in [-0.39, 0.29) is 30.1 Å². The Morgan fingerprint density at radius 1 is 0.830 bits per heavy atom. The fraction of sp³-hybridized carbons (Fsp3) is 0.559. The van der Waals surface area contributed by atoms with Gasteiger partial charge in [-0.05, 0) is 54.8 Å². The van der Waals surface area contributed by atoms with Gasteiger partial charge in [-0.25, -0.2) is 4.79 Å². The van der Waals surface area contributed by atoms with Gasteiger partial charge in [0.2, 0.25) is 0 Å². The molecule has 0 aliphatic carbocycles. The quantitative estimate of drug-likeness (QED) is 0.0569. The van der Waals surface area contributed by atoms with Crippen molar-refractivity contribution in [2.75, 3.05) is 26.4 Å². The van der Waals surface area contributed by atoms with Crippen LogP contribution in [0.25, 0.3) is 6.08 Å². The summed E-state index contributed by atoms with van der Waals surface area (Å²) in [6.07, 6.45) is -17.0. The maximum Gasteiger partial charge on any atom is 0.331 e. The molecule has 11 N–H and O–H groups in total. The zero-order valence-electron chi connectivity index (χ0n) is 28.3. The van der Waals surface area contributed by atoms with E-state index in [2.05, 4.69) is 0 Å². The van der Waals surface area contributed by atoms with Crippen LogP contribution >= 0.6 is 0 Å². The first kappa shape index (κ1) is 40.5.